The Morgan fingerprint density at radius 3 is 2.55 bits per heavy atom. The molecule has 1 amide bonds. The molecule has 3 aromatic rings. The fourth-order valence-electron chi connectivity index (χ4n) is 3.74. The molecule has 1 N–H and O–H groups in total. The predicted octanol–water partition coefficient (Wildman–Crippen LogP) is 5.72. The smallest absolute Gasteiger partial charge is 0.300 e. The zero-order valence-electron chi connectivity index (χ0n) is 17.9. The van der Waals surface area contributed by atoms with Gasteiger partial charge in [0, 0.05) is 22.5 Å². The molecule has 0 spiro atoms. The van der Waals surface area contributed by atoms with Crippen molar-refractivity contribution in [3.63, 3.8) is 0 Å². The second kappa shape index (κ2) is 9.25. The van der Waals surface area contributed by atoms with Crippen LogP contribution >= 0.6 is 23.2 Å². The molecular formula is C25H20Cl2N2O4. The number of hydrogen-bond donors (Lipinski definition) is 1. The van der Waals surface area contributed by atoms with Gasteiger partial charge in [0.15, 0.2) is 0 Å². The van der Waals surface area contributed by atoms with Crippen LogP contribution in [-0.2, 0) is 9.59 Å². The van der Waals surface area contributed by atoms with Gasteiger partial charge < -0.3 is 9.84 Å². The number of Topliss-reactive ketones (excluding diaryl/α,β-unsaturated/α-hetero) is 1. The summed E-state index contributed by atoms with van der Waals surface area (Å²) >= 11 is 12.6. The number of ketones is 1. The molecule has 0 aliphatic carbocycles. The normalized spacial score (nSPS) is 17.5. The monoisotopic (exact) mass is 482 g/mol. The van der Waals surface area contributed by atoms with E-state index >= 15 is 0 Å². The lowest BCUT2D eigenvalue weighted by Crippen LogP contribution is -2.29. The maximum absolute atomic E-state index is 13.2. The van der Waals surface area contributed by atoms with Gasteiger partial charge in [0.2, 0.25) is 0 Å². The third-order valence-electron chi connectivity index (χ3n) is 5.35. The van der Waals surface area contributed by atoms with Crippen LogP contribution in [0.1, 0.15) is 29.8 Å². The van der Waals surface area contributed by atoms with E-state index in [1.165, 1.54) is 11.0 Å². The lowest BCUT2D eigenvalue weighted by Gasteiger charge is -2.25. The molecule has 2 aromatic carbocycles. The second-order valence-electron chi connectivity index (χ2n) is 7.43. The van der Waals surface area contributed by atoms with E-state index in [1.54, 1.807) is 54.7 Å². The first-order valence-electron chi connectivity index (χ1n) is 10.2. The van der Waals surface area contributed by atoms with Crippen molar-refractivity contribution >= 4 is 46.3 Å². The molecule has 4 rings (SSSR count). The number of aliphatic hydroxyl groups excluding tert-OH is 1. The highest BCUT2D eigenvalue weighted by atomic mass is 35.5. The van der Waals surface area contributed by atoms with Crippen LogP contribution in [0.3, 0.4) is 0 Å². The number of nitrogens with zero attached hydrogens (tertiary/aromatic N) is 2. The quantitative estimate of drug-likeness (QED) is 0.285. The summed E-state index contributed by atoms with van der Waals surface area (Å²) in [7, 11) is 0. The molecule has 6 nitrogen and oxygen atoms in total. The zero-order chi connectivity index (χ0) is 23.7. The number of benzene rings is 2. The first-order valence-corrected chi connectivity index (χ1v) is 11.0. The number of ether oxygens (including phenoxy) is 1. The minimum absolute atomic E-state index is 0.119. The number of amides is 1. The standard InChI is InChI=1S/C25H20Cl2N2O4/c1-3-33-16-9-10-18(26)17(13-16)23(30)21-22(20-6-4-5-11-28-20)29(25(32)24(21)31)15-8-7-14(2)19(27)12-15/h4-13,22,30H,3H2,1-2H3/b23-21+. The van der Waals surface area contributed by atoms with Gasteiger partial charge in [-0.05, 0) is 61.9 Å². The van der Waals surface area contributed by atoms with E-state index in [1.807, 2.05) is 13.8 Å². The molecule has 1 aliphatic rings. The largest absolute Gasteiger partial charge is 0.507 e. The summed E-state index contributed by atoms with van der Waals surface area (Å²) in [6.07, 6.45) is 1.56. The number of anilines is 1. The van der Waals surface area contributed by atoms with E-state index in [-0.39, 0.29) is 16.2 Å². The van der Waals surface area contributed by atoms with Crippen LogP contribution in [-0.4, -0.2) is 28.4 Å². The maximum atomic E-state index is 13.2. The van der Waals surface area contributed by atoms with E-state index in [4.69, 9.17) is 27.9 Å². The maximum Gasteiger partial charge on any atom is 0.300 e. The molecule has 0 saturated carbocycles. The molecule has 1 saturated heterocycles. The van der Waals surface area contributed by atoms with Crippen molar-refractivity contribution in [3.05, 3.63) is 93.2 Å². The summed E-state index contributed by atoms with van der Waals surface area (Å²) in [4.78, 5) is 32.1. The first-order chi connectivity index (χ1) is 15.8. The Hall–Kier alpha value is -3.35. The fraction of sp³-hybridized carbons (Fsp3) is 0.160. The number of pyridine rings is 1. The molecule has 1 aromatic heterocycles. The van der Waals surface area contributed by atoms with Gasteiger partial charge in [-0.25, -0.2) is 0 Å². The van der Waals surface area contributed by atoms with Gasteiger partial charge in [0.1, 0.15) is 17.6 Å². The second-order valence-corrected chi connectivity index (χ2v) is 8.25. The van der Waals surface area contributed by atoms with Crippen molar-refractivity contribution in [1.82, 2.24) is 4.98 Å². The number of aryl methyl sites for hydroxylation is 1. The topological polar surface area (TPSA) is 79.7 Å². The van der Waals surface area contributed by atoms with Crippen molar-refractivity contribution < 1.29 is 19.4 Å². The highest BCUT2D eigenvalue weighted by Crippen LogP contribution is 2.43. The van der Waals surface area contributed by atoms with Crippen LogP contribution < -0.4 is 9.64 Å². The molecule has 0 radical (unpaired) electrons. The van der Waals surface area contributed by atoms with Crippen LogP contribution in [0.15, 0.2) is 66.4 Å². The molecule has 168 valence electrons. The Bertz CT molecular complexity index is 1270. The van der Waals surface area contributed by atoms with Crippen LogP contribution in [0.5, 0.6) is 5.75 Å². The number of rotatable bonds is 5. The Balaban J connectivity index is 1.95. The Morgan fingerprint density at radius 1 is 1.09 bits per heavy atom. The molecule has 1 aliphatic heterocycles. The van der Waals surface area contributed by atoms with E-state index in [0.717, 1.165) is 5.56 Å². The highest BCUT2D eigenvalue weighted by molar-refractivity contribution is 6.52. The average Bonchev–Trinajstić information content (AvgIpc) is 3.08. The molecule has 0 bridgehead atoms. The lowest BCUT2D eigenvalue weighted by molar-refractivity contribution is -0.132. The van der Waals surface area contributed by atoms with Gasteiger partial charge >= 0.3 is 0 Å². The van der Waals surface area contributed by atoms with Gasteiger partial charge in [-0.15, -0.1) is 0 Å². The molecule has 2 heterocycles. The minimum atomic E-state index is -0.975. The Labute approximate surface area is 201 Å². The lowest BCUT2D eigenvalue weighted by atomic mass is 9.98. The predicted molar refractivity (Wildman–Crippen MR) is 128 cm³/mol. The number of halogens is 2. The van der Waals surface area contributed by atoms with Crippen molar-refractivity contribution in [2.75, 3.05) is 11.5 Å². The number of carbonyl (C=O) groups excluding carboxylic acids is 2. The summed E-state index contributed by atoms with van der Waals surface area (Å²) in [5, 5.41) is 11.9. The van der Waals surface area contributed by atoms with Crippen LogP contribution in [0, 0.1) is 6.92 Å². The van der Waals surface area contributed by atoms with E-state index in [9.17, 15) is 14.7 Å². The number of hydrogen-bond acceptors (Lipinski definition) is 5. The van der Waals surface area contributed by atoms with Gasteiger partial charge in [0.05, 0.1) is 22.9 Å². The van der Waals surface area contributed by atoms with Gasteiger partial charge in [-0.2, -0.15) is 0 Å². The molecule has 8 heteroatoms. The van der Waals surface area contributed by atoms with E-state index in [2.05, 4.69) is 4.98 Å². The Kier molecular flexibility index (Phi) is 6.40. The summed E-state index contributed by atoms with van der Waals surface area (Å²) < 4.78 is 5.51. The molecule has 1 unspecified atom stereocenters. The van der Waals surface area contributed by atoms with Gasteiger partial charge in [-0.1, -0.05) is 35.3 Å². The van der Waals surface area contributed by atoms with Crippen molar-refractivity contribution in [3.8, 4) is 5.75 Å². The zero-order valence-corrected chi connectivity index (χ0v) is 19.4. The van der Waals surface area contributed by atoms with Crippen molar-refractivity contribution in [1.29, 1.82) is 0 Å². The summed E-state index contributed by atoms with van der Waals surface area (Å²) in [5.41, 5.74) is 1.71. The van der Waals surface area contributed by atoms with Crippen molar-refractivity contribution in [2.24, 2.45) is 0 Å². The summed E-state index contributed by atoms with van der Waals surface area (Å²) in [6, 6.07) is 14.0. The van der Waals surface area contributed by atoms with Crippen LogP contribution in [0.25, 0.3) is 5.76 Å². The molecule has 33 heavy (non-hydrogen) atoms. The summed E-state index contributed by atoms with van der Waals surface area (Å²) in [6.45, 7) is 4.08. The first kappa shape index (κ1) is 22.8. The summed E-state index contributed by atoms with van der Waals surface area (Å²) in [5.74, 6) is -1.59. The van der Waals surface area contributed by atoms with E-state index in [0.29, 0.717) is 28.8 Å². The average molecular weight is 483 g/mol. The van der Waals surface area contributed by atoms with Gasteiger partial charge in [-0.3, -0.25) is 19.5 Å². The van der Waals surface area contributed by atoms with Crippen LogP contribution in [0.2, 0.25) is 10.0 Å². The van der Waals surface area contributed by atoms with Crippen LogP contribution in [0.4, 0.5) is 5.69 Å². The molecular weight excluding hydrogens is 463 g/mol. The SMILES string of the molecule is CCOc1ccc(Cl)c(/C(O)=C2\C(=O)C(=O)N(c3ccc(C)c(Cl)c3)C2c2ccccn2)c1. The third-order valence-corrected chi connectivity index (χ3v) is 6.09. The fourth-order valence-corrected chi connectivity index (χ4v) is 4.12. The third kappa shape index (κ3) is 4.19. The minimum Gasteiger partial charge on any atom is -0.507 e. The molecule has 1 atom stereocenters. The number of aromatic nitrogens is 1. The molecule has 1 fully saturated rings. The Morgan fingerprint density at radius 2 is 1.88 bits per heavy atom. The highest BCUT2D eigenvalue weighted by Gasteiger charge is 2.47. The number of aliphatic hydroxyl groups is 1. The van der Waals surface area contributed by atoms with Gasteiger partial charge in [0.25, 0.3) is 11.7 Å². The van der Waals surface area contributed by atoms with Crippen molar-refractivity contribution in [2.45, 2.75) is 19.9 Å². The van der Waals surface area contributed by atoms with E-state index < -0.39 is 23.5 Å². The number of carbonyl (C=O) groups is 2.